The summed E-state index contributed by atoms with van der Waals surface area (Å²) in [6, 6.07) is 0. The molecule has 0 amide bonds. The Balaban J connectivity index is 0. The highest BCUT2D eigenvalue weighted by Crippen LogP contribution is 2.35. The van der Waals surface area contributed by atoms with Gasteiger partial charge in [-0.25, -0.2) is 0 Å². The van der Waals surface area contributed by atoms with E-state index in [1.807, 2.05) is 9.83 Å². The van der Waals surface area contributed by atoms with Crippen LogP contribution in [0.25, 0.3) is 0 Å². The van der Waals surface area contributed by atoms with Crippen molar-refractivity contribution in [3.63, 3.8) is 0 Å². The summed E-state index contributed by atoms with van der Waals surface area (Å²) in [7, 11) is 6.20. The third kappa shape index (κ3) is 25.6. The lowest BCUT2D eigenvalue weighted by molar-refractivity contribution is 0.586. The van der Waals surface area contributed by atoms with Gasteiger partial charge in [0, 0.05) is 11.5 Å². The van der Waals surface area contributed by atoms with E-state index < -0.39 is 0 Å². The largest absolute Gasteiger partial charge is 0.197 e. The van der Waals surface area contributed by atoms with E-state index in [1.165, 1.54) is 114 Å². The Bertz CT molecular complexity index is 180. The Hall–Kier alpha value is 1.40. The summed E-state index contributed by atoms with van der Waals surface area (Å²) >= 11 is 0. The van der Waals surface area contributed by atoms with Crippen LogP contribution in [0.1, 0.15) is 117 Å². The Morgan fingerprint density at radius 3 is 1.04 bits per heavy atom. The van der Waals surface area contributed by atoms with Crippen molar-refractivity contribution in [1.82, 2.24) is 0 Å². The van der Waals surface area contributed by atoms with Gasteiger partial charge in [0.25, 0.3) is 0 Å². The second kappa shape index (κ2) is 26.6. The Kier molecular flexibility index (Phi) is 30.6. The van der Waals surface area contributed by atoms with Crippen molar-refractivity contribution in [2.45, 2.75) is 117 Å². The van der Waals surface area contributed by atoms with Crippen LogP contribution in [0.5, 0.6) is 0 Å². The zero-order valence-electron chi connectivity index (χ0n) is 16.5. The summed E-state index contributed by atoms with van der Waals surface area (Å²) in [5.41, 5.74) is 0. The maximum absolute atomic E-state index is 2.29. The van der Waals surface area contributed by atoms with Crippen molar-refractivity contribution in [2.24, 2.45) is 0 Å². The summed E-state index contributed by atoms with van der Waals surface area (Å²) in [6.45, 7) is 4.59. The molecule has 0 heterocycles. The molecule has 0 saturated carbocycles. The van der Waals surface area contributed by atoms with Gasteiger partial charge in [-0.15, -0.1) is 0 Å². The van der Waals surface area contributed by atoms with Gasteiger partial charge in [-0.2, -0.15) is 13.5 Å². The predicted octanol–water partition coefficient (Wildman–Crippen LogP) is 9.41. The van der Waals surface area contributed by atoms with Crippen LogP contribution in [0.4, 0.5) is 0 Å². The van der Waals surface area contributed by atoms with Crippen LogP contribution in [0.2, 0.25) is 0 Å². The standard InChI is InChI=1S/C20H42S3.H2S/c1-3-5-7-9-11-13-15-17-19-21-23-22-20-18-16-14-12-10-8-6-4-2;/h3-20H2,1-2H3;1H2. The quantitative estimate of drug-likeness (QED) is 0.144. The van der Waals surface area contributed by atoms with Crippen molar-refractivity contribution in [2.75, 3.05) is 11.5 Å². The zero-order valence-corrected chi connectivity index (χ0v) is 19.9. The van der Waals surface area contributed by atoms with Crippen molar-refractivity contribution < 1.29 is 0 Å². The molecule has 0 fully saturated rings. The SMILES string of the molecule is CCCCCCCCCCSSSCCCCCCCCCC.S. The molecule has 0 spiro atoms. The molecule has 0 aliphatic heterocycles. The summed E-state index contributed by atoms with van der Waals surface area (Å²) in [5, 5.41) is 0. The van der Waals surface area contributed by atoms with Crippen LogP contribution in [-0.2, 0) is 0 Å². The second-order valence-corrected chi connectivity index (χ2v) is 11.1. The molecule has 0 saturated heterocycles. The highest BCUT2D eigenvalue weighted by atomic mass is 33.5. The Morgan fingerprint density at radius 2 is 0.708 bits per heavy atom. The average Bonchev–Trinajstić information content (AvgIpc) is 2.57. The van der Waals surface area contributed by atoms with Crippen LogP contribution < -0.4 is 0 Å². The first-order valence-electron chi connectivity index (χ1n) is 10.3. The molecule has 0 aromatic heterocycles. The number of unbranched alkanes of at least 4 members (excludes halogenated alkanes) is 14. The highest BCUT2D eigenvalue weighted by molar-refractivity contribution is 9.09. The minimum atomic E-state index is 0. The summed E-state index contributed by atoms with van der Waals surface area (Å²) in [4.78, 5) is 0. The van der Waals surface area contributed by atoms with E-state index in [2.05, 4.69) is 35.4 Å². The molecule has 0 aromatic rings. The maximum Gasteiger partial charge on any atom is 0.00451 e. The molecule has 0 aliphatic carbocycles. The molecule has 0 aliphatic rings. The van der Waals surface area contributed by atoms with Gasteiger partial charge < -0.3 is 0 Å². The first kappa shape index (κ1) is 27.6. The molecule has 0 nitrogen and oxygen atoms in total. The Morgan fingerprint density at radius 1 is 0.417 bits per heavy atom. The second-order valence-electron chi connectivity index (χ2n) is 6.66. The molecular formula is C20H44S4. The van der Waals surface area contributed by atoms with E-state index in [0.717, 1.165) is 0 Å². The fourth-order valence-corrected chi connectivity index (χ4v) is 6.70. The summed E-state index contributed by atoms with van der Waals surface area (Å²) in [5.74, 6) is 2.70. The van der Waals surface area contributed by atoms with Crippen molar-refractivity contribution in [3.05, 3.63) is 0 Å². The lowest BCUT2D eigenvalue weighted by Crippen LogP contribution is -1.82. The molecule has 148 valence electrons. The van der Waals surface area contributed by atoms with Gasteiger partial charge in [-0.05, 0) is 22.7 Å². The normalized spacial score (nSPS) is 10.8. The summed E-state index contributed by atoms with van der Waals surface area (Å²) in [6.07, 6.45) is 23.0. The van der Waals surface area contributed by atoms with Gasteiger partial charge >= 0.3 is 0 Å². The monoisotopic (exact) mass is 412 g/mol. The minimum absolute atomic E-state index is 0. The number of rotatable bonds is 20. The van der Waals surface area contributed by atoms with Crippen molar-refractivity contribution >= 4 is 44.9 Å². The van der Waals surface area contributed by atoms with Crippen LogP contribution in [0.3, 0.4) is 0 Å². The van der Waals surface area contributed by atoms with Gasteiger partial charge in [0.15, 0.2) is 0 Å². The van der Waals surface area contributed by atoms with E-state index in [-0.39, 0.29) is 13.5 Å². The number of hydrogen-bond donors (Lipinski definition) is 0. The summed E-state index contributed by atoms with van der Waals surface area (Å²) < 4.78 is 0. The Labute approximate surface area is 172 Å². The van der Waals surface area contributed by atoms with E-state index in [1.54, 1.807) is 0 Å². The molecule has 0 aromatic carbocycles. The maximum atomic E-state index is 2.29. The predicted molar refractivity (Wildman–Crippen MR) is 128 cm³/mol. The topological polar surface area (TPSA) is 0 Å². The smallest absolute Gasteiger partial charge is 0.00451 e. The van der Waals surface area contributed by atoms with Crippen LogP contribution in [-0.4, -0.2) is 11.5 Å². The van der Waals surface area contributed by atoms with E-state index in [9.17, 15) is 0 Å². The molecule has 4 heteroatoms. The first-order valence-corrected chi connectivity index (χ1v) is 14.1. The van der Waals surface area contributed by atoms with Gasteiger partial charge in [0.2, 0.25) is 0 Å². The lowest BCUT2D eigenvalue weighted by Gasteiger charge is -2.03. The van der Waals surface area contributed by atoms with E-state index in [0.29, 0.717) is 0 Å². The lowest BCUT2D eigenvalue weighted by atomic mass is 10.1. The van der Waals surface area contributed by atoms with Gasteiger partial charge in [-0.1, -0.05) is 125 Å². The molecule has 0 bridgehead atoms. The molecule has 0 rings (SSSR count). The van der Waals surface area contributed by atoms with Gasteiger partial charge in [-0.3, -0.25) is 0 Å². The van der Waals surface area contributed by atoms with Crippen LogP contribution >= 0.6 is 44.9 Å². The molecule has 0 radical (unpaired) electrons. The molecule has 0 N–H and O–H groups in total. The van der Waals surface area contributed by atoms with E-state index in [4.69, 9.17) is 0 Å². The fourth-order valence-electron chi connectivity index (χ4n) is 2.69. The molecule has 0 unspecified atom stereocenters. The first-order chi connectivity index (χ1) is 11.4. The molecular weight excluding hydrogens is 368 g/mol. The van der Waals surface area contributed by atoms with Crippen LogP contribution in [0, 0.1) is 0 Å². The van der Waals surface area contributed by atoms with Gasteiger partial charge in [0.1, 0.15) is 0 Å². The van der Waals surface area contributed by atoms with E-state index >= 15 is 0 Å². The fraction of sp³-hybridized carbons (Fsp3) is 1.00. The third-order valence-corrected chi connectivity index (χ3v) is 8.67. The molecule has 0 atom stereocenters. The number of hydrogen-bond acceptors (Lipinski definition) is 3. The average molecular weight is 413 g/mol. The minimum Gasteiger partial charge on any atom is -0.197 e. The van der Waals surface area contributed by atoms with Crippen LogP contribution in [0.15, 0.2) is 0 Å². The van der Waals surface area contributed by atoms with Gasteiger partial charge in [0.05, 0.1) is 0 Å². The zero-order chi connectivity index (χ0) is 16.8. The van der Waals surface area contributed by atoms with Crippen molar-refractivity contribution in [3.8, 4) is 0 Å². The van der Waals surface area contributed by atoms with Crippen molar-refractivity contribution in [1.29, 1.82) is 0 Å². The third-order valence-electron chi connectivity index (χ3n) is 4.26. The highest BCUT2D eigenvalue weighted by Gasteiger charge is 1.95. The molecule has 24 heavy (non-hydrogen) atoms.